The topological polar surface area (TPSA) is 35.0 Å². The van der Waals surface area contributed by atoms with Crippen LogP contribution in [0.15, 0.2) is 22.9 Å². The van der Waals surface area contributed by atoms with Crippen molar-refractivity contribution in [2.75, 3.05) is 0 Å². The van der Waals surface area contributed by atoms with E-state index in [1.807, 2.05) is 6.92 Å². The lowest BCUT2D eigenvalue weighted by Gasteiger charge is -2.12. The molecule has 0 aliphatic rings. The summed E-state index contributed by atoms with van der Waals surface area (Å²) in [4.78, 5) is 8.08. The molecule has 2 rings (SSSR count). The van der Waals surface area contributed by atoms with Crippen molar-refractivity contribution >= 4 is 50.7 Å². The second-order valence-electron chi connectivity index (χ2n) is 4.00. The molecule has 0 saturated heterocycles. The van der Waals surface area contributed by atoms with Crippen molar-refractivity contribution in [3.05, 3.63) is 43.7 Å². The lowest BCUT2D eigenvalue weighted by atomic mass is 10.2. The van der Waals surface area contributed by atoms with Crippen LogP contribution in [0.5, 0.6) is 11.6 Å². The normalized spacial score (nSPS) is 10.7. The number of hydrogen-bond donors (Lipinski definition) is 0. The number of ether oxygens (including phenoxy) is 1. The van der Waals surface area contributed by atoms with Gasteiger partial charge in [0.25, 0.3) is 0 Å². The Labute approximate surface area is 140 Å². The zero-order valence-corrected chi connectivity index (χ0v) is 14.3. The van der Waals surface area contributed by atoms with Crippen LogP contribution in [0.25, 0.3) is 0 Å². The third-order valence-electron chi connectivity index (χ3n) is 2.53. The molecule has 0 radical (unpaired) electrons. The number of benzene rings is 1. The molecule has 0 N–H and O–H groups in total. The smallest absolute Gasteiger partial charge is 0.227 e. The molecule has 0 aliphatic carbocycles. The molecule has 1 heterocycles. The summed E-state index contributed by atoms with van der Waals surface area (Å²) in [5.74, 6) is 0.819. The Morgan fingerprint density at radius 1 is 1.15 bits per heavy atom. The van der Waals surface area contributed by atoms with E-state index < -0.39 is 0 Å². The molecule has 3 nitrogen and oxygen atoms in total. The van der Waals surface area contributed by atoms with Gasteiger partial charge in [0.2, 0.25) is 5.88 Å². The fourth-order valence-corrected chi connectivity index (χ4v) is 2.66. The molecular weight excluding hydrogens is 386 g/mol. The van der Waals surface area contributed by atoms with Crippen LogP contribution < -0.4 is 4.74 Å². The highest BCUT2D eigenvalue weighted by atomic mass is 79.9. The number of aromatic nitrogens is 2. The van der Waals surface area contributed by atoms with Gasteiger partial charge in [0.1, 0.15) is 17.2 Å². The number of rotatable bonds is 4. The Morgan fingerprint density at radius 3 is 2.60 bits per heavy atom. The van der Waals surface area contributed by atoms with E-state index in [1.165, 1.54) is 6.33 Å². The third kappa shape index (κ3) is 3.55. The molecular formula is C13H10BrCl3N2O. The summed E-state index contributed by atoms with van der Waals surface area (Å²) in [5, 5.41) is 1.32. The van der Waals surface area contributed by atoms with Gasteiger partial charge in [0.15, 0.2) is 0 Å². The maximum atomic E-state index is 6.13. The van der Waals surface area contributed by atoms with Crippen LogP contribution in [0.3, 0.4) is 0 Å². The maximum Gasteiger partial charge on any atom is 0.227 e. The fraction of sp³-hybridized carbons (Fsp3) is 0.231. The molecule has 0 aliphatic heterocycles. The monoisotopic (exact) mass is 394 g/mol. The van der Waals surface area contributed by atoms with Crippen LogP contribution in [0, 0.1) is 0 Å². The van der Waals surface area contributed by atoms with Gasteiger partial charge in [-0.2, -0.15) is 0 Å². The zero-order valence-electron chi connectivity index (χ0n) is 10.5. The van der Waals surface area contributed by atoms with Crippen molar-refractivity contribution in [3.8, 4) is 11.6 Å². The van der Waals surface area contributed by atoms with Gasteiger partial charge >= 0.3 is 0 Å². The van der Waals surface area contributed by atoms with Crippen LogP contribution in [0.1, 0.15) is 18.9 Å². The average Bonchev–Trinajstić information content (AvgIpc) is 2.40. The van der Waals surface area contributed by atoms with E-state index in [4.69, 9.17) is 39.5 Å². The fourth-order valence-electron chi connectivity index (χ4n) is 1.61. The van der Waals surface area contributed by atoms with Crippen molar-refractivity contribution in [3.63, 3.8) is 0 Å². The highest BCUT2D eigenvalue weighted by Gasteiger charge is 2.14. The van der Waals surface area contributed by atoms with Crippen molar-refractivity contribution in [2.45, 2.75) is 19.8 Å². The zero-order chi connectivity index (χ0) is 14.7. The van der Waals surface area contributed by atoms with Crippen LogP contribution in [0.4, 0.5) is 0 Å². The van der Waals surface area contributed by atoms with Gasteiger partial charge in [-0.05, 0) is 28.4 Å². The summed E-state index contributed by atoms with van der Waals surface area (Å²) in [6.07, 6.45) is 2.97. The molecule has 0 bridgehead atoms. The summed E-state index contributed by atoms with van der Waals surface area (Å²) in [6.45, 7) is 2.04. The molecule has 1 aromatic carbocycles. The summed E-state index contributed by atoms with van der Waals surface area (Å²) in [7, 11) is 0. The Morgan fingerprint density at radius 2 is 1.90 bits per heavy atom. The summed E-state index contributed by atoms with van der Waals surface area (Å²) < 4.78 is 6.44. The van der Waals surface area contributed by atoms with Gasteiger partial charge in [-0.25, -0.2) is 9.97 Å². The van der Waals surface area contributed by atoms with Gasteiger partial charge in [-0.15, -0.1) is 0 Å². The van der Waals surface area contributed by atoms with Crippen LogP contribution in [0.2, 0.25) is 15.2 Å². The van der Waals surface area contributed by atoms with E-state index in [-0.39, 0.29) is 0 Å². The quantitative estimate of drug-likeness (QED) is 0.474. The third-order valence-corrected chi connectivity index (χ3v) is 4.35. The van der Waals surface area contributed by atoms with Crippen molar-refractivity contribution in [1.82, 2.24) is 9.97 Å². The average molecular weight is 396 g/mol. The van der Waals surface area contributed by atoms with Gasteiger partial charge in [-0.3, -0.25) is 0 Å². The van der Waals surface area contributed by atoms with E-state index in [1.54, 1.807) is 12.1 Å². The first-order valence-corrected chi connectivity index (χ1v) is 7.77. The minimum atomic E-state index is 0.385. The molecule has 0 atom stereocenters. The molecule has 0 saturated carbocycles. The Hall–Kier alpha value is -0.550. The largest absolute Gasteiger partial charge is 0.437 e. The molecule has 106 valence electrons. The van der Waals surface area contributed by atoms with E-state index in [9.17, 15) is 0 Å². The van der Waals surface area contributed by atoms with E-state index in [2.05, 4.69) is 25.9 Å². The van der Waals surface area contributed by atoms with Gasteiger partial charge in [0.05, 0.1) is 15.6 Å². The number of halogens is 4. The van der Waals surface area contributed by atoms with Gasteiger partial charge < -0.3 is 4.74 Å². The standard InChI is InChI=1S/C13H10BrCl3N2O/c1-2-3-7-12(17)18-6-19-13(7)20-11-5-9(15)8(14)4-10(11)16/h4-6H,2-3H2,1H3. The minimum Gasteiger partial charge on any atom is -0.437 e. The Balaban J connectivity index is 2.40. The molecule has 0 unspecified atom stereocenters. The molecule has 0 fully saturated rings. The molecule has 2 aromatic rings. The first-order valence-electron chi connectivity index (χ1n) is 5.84. The summed E-state index contributed by atoms with van der Waals surface area (Å²) in [6, 6.07) is 3.29. The Kier molecular flexibility index (Phi) is 5.49. The minimum absolute atomic E-state index is 0.385. The second-order valence-corrected chi connectivity index (χ2v) is 6.02. The predicted octanol–water partition coefficient (Wildman–Crippen LogP) is 5.94. The van der Waals surface area contributed by atoms with Crippen LogP contribution in [-0.2, 0) is 6.42 Å². The molecule has 1 aromatic heterocycles. The highest BCUT2D eigenvalue weighted by Crippen LogP contribution is 2.37. The molecule has 0 spiro atoms. The molecule has 20 heavy (non-hydrogen) atoms. The SMILES string of the molecule is CCCc1c(Cl)ncnc1Oc1cc(Cl)c(Br)cc1Cl. The van der Waals surface area contributed by atoms with Gasteiger partial charge in [0, 0.05) is 10.5 Å². The Bertz CT molecular complexity index is 637. The van der Waals surface area contributed by atoms with Crippen LogP contribution in [-0.4, -0.2) is 9.97 Å². The highest BCUT2D eigenvalue weighted by molar-refractivity contribution is 9.10. The summed E-state index contributed by atoms with van der Waals surface area (Å²) in [5.41, 5.74) is 0.756. The van der Waals surface area contributed by atoms with Crippen LogP contribution >= 0.6 is 50.7 Å². The lowest BCUT2D eigenvalue weighted by Crippen LogP contribution is -1.98. The van der Waals surface area contributed by atoms with E-state index in [0.29, 0.717) is 31.3 Å². The second kappa shape index (κ2) is 6.94. The number of hydrogen-bond acceptors (Lipinski definition) is 3. The first kappa shape index (κ1) is 15.8. The molecule has 7 heteroatoms. The lowest BCUT2D eigenvalue weighted by molar-refractivity contribution is 0.454. The molecule has 0 amide bonds. The van der Waals surface area contributed by atoms with E-state index in [0.717, 1.165) is 18.4 Å². The van der Waals surface area contributed by atoms with Crippen molar-refractivity contribution in [2.24, 2.45) is 0 Å². The van der Waals surface area contributed by atoms with Gasteiger partial charge in [-0.1, -0.05) is 48.1 Å². The summed E-state index contributed by atoms with van der Waals surface area (Å²) >= 11 is 21.5. The van der Waals surface area contributed by atoms with E-state index >= 15 is 0 Å². The number of nitrogens with zero attached hydrogens (tertiary/aromatic N) is 2. The van der Waals surface area contributed by atoms with Crippen molar-refractivity contribution < 1.29 is 4.74 Å². The first-order chi connectivity index (χ1) is 9.52. The predicted molar refractivity (Wildman–Crippen MR) is 85.3 cm³/mol. The maximum absolute atomic E-state index is 6.13. The van der Waals surface area contributed by atoms with Crippen molar-refractivity contribution in [1.29, 1.82) is 0 Å².